The Morgan fingerprint density at radius 2 is 1.75 bits per heavy atom. The molecule has 1 aliphatic rings. The third-order valence-corrected chi connectivity index (χ3v) is 7.32. The average molecular weight is 453 g/mol. The summed E-state index contributed by atoms with van der Waals surface area (Å²) in [6.07, 6.45) is 0. The summed E-state index contributed by atoms with van der Waals surface area (Å²) in [4.78, 5) is 13.1. The quantitative estimate of drug-likeness (QED) is 0.536. The zero-order valence-corrected chi connectivity index (χ0v) is 19.1. The van der Waals surface area contributed by atoms with Crippen molar-refractivity contribution < 1.29 is 13.2 Å². The first-order chi connectivity index (χ1) is 15.3. The van der Waals surface area contributed by atoms with Gasteiger partial charge in [-0.3, -0.25) is 9.52 Å². The van der Waals surface area contributed by atoms with Gasteiger partial charge in [-0.25, -0.2) is 0 Å². The molecule has 0 aromatic heterocycles. The molecular formula is C24H28N4O3S. The molecule has 1 heterocycles. The molecule has 1 fully saturated rings. The predicted molar refractivity (Wildman–Crippen MR) is 128 cm³/mol. The van der Waals surface area contributed by atoms with Crippen LogP contribution in [0.25, 0.3) is 10.8 Å². The number of aryl methyl sites for hydroxylation is 1. The first-order valence-electron chi connectivity index (χ1n) is 10.7. The lowest BCUT2D eigenvalue weighted by Gasteiger charge is -2.27. The predicted octanol–water partition coefficient (Wildman–Crippen LogP) is 3.20. The van der Waals surface area contributed by atoms with Crippen molar-refractivity contribution in [2.24, 2.45) is 0 Å². The van der Waals surface area contributed by atoms with Gasteiger partial charge in [0.15, 0.2) is 0 Å². The molecule has 1 saturated heterocycles. The molecule has 8 heteroatoms. The Labute approximate surface area is 189 Å². The number of hydrogen-bond acceptors (Lipinski definition) is 4. The van der Waals surface area contributed by atoms with E-state index in [4.69, 9.17) is 0 Å². The van der Waals surface area contributed by atoms with Gasteiger partial charge in [-0.15, -0.1) is 0 Å². The van der Waals surface area contributed by atoms with Crippen molar-refractivity contribution in [1.29, 1.82) is 0 Å². The fraction of sp³-hybridized carbons (Fsp3) is 0.292. The van der Waals surface area contributed by atoms with E-state index in [1.54, 1.807) is 18.2 Å². The van der Waals surface area contributed by atoms with Crippen molar-refractivity contribution in [2.45, 2.75) is 19.9 Å². The second-order valence-electron chi connectivity index (χ2n) is 8.05. The topological polar surface area (TPSA) is 90.5 Å². The molecule has 1 atom stereocenters. The lowest BCUT2D eigenvalue weighted by molar-refractivity contribution is 0.0939. The van der Waals surface area contributed by atoms with Gasteiger partial charge >= 0.3 is 10.2 Å². The summed E-state index contributed by atoms with van der Waals surface area (Å²) in [6.45, 7) is 5.86. The highest BCUT2D eigenvalue weighted by atomic mass is 32.2. The summed E-state index contributed by atoms with van der Waals surface area (Å²) in [6, 6.07) is 18.9. The maximum absolute atomic E-state index is 13.1. The molecule has 1 amide bonds. The van der Waals surface area contributed by atoms with Gasteiger partial charge in [-0.1, -0.05) is 48.5 Å². The minimum Gasteiger partial charge on any atom is -0.345 e. The Morgan fingerprint density at radius 1 is 1.03 bits per heavy atom. The minimum absolute atomic E-state index is 0.214. The number of rotatable bonds is 6. The number of hydrogen-bond donors (Lipinski definition) is 3. The van der Waals surface area contributed by atoms with Crippen LogP contribution in [0.5, 0.6) is 0 Å². The molecule has 0 aliphatic carbocycles. The molecule has 3 N–H and O–H groups in total. The zero-order chi connectivity index (χ0) is 22.7. The first kappa shape index (κ1) is 22.3. The maximum atomic E-state index is 13.1. The van der Waals surface area contributed by atoms with Gasteiger partial charge in [-0.05, 0) is 47.9 Å². The highest BCUT2D eigenvalue weighted by Crippen LogP contribution is 2.25. The molecule has 3 aromatic carbocycles. The number of anilines is 1. The number of fused-ring (bicyclic) bond motifs is 1. The summed E-state index contributed by atoms with van der Waals surface area (Å²) in [5, 5.41) is 8.41. The van der Waals surface area contributed by atoms with E-state index in [9.17, 15) is 13.2 Å². The molecule has 168 valence electrons. The molecule has 3 aromatic rings. The molecule has 1 aliphatic heterocycles. The van der Waals surface area contributed by atoms with Crippen molar-refractivity contribution in [3.63, 3.8) is 0 Å². The SMILES string of the molecule is Cc1ccc(NS(=O)(=O)N2CCNCC2)cc1C(=O)N[C@H](C)c1cccc2ccccc12. The summed E-state index contributed by atoms with van der Waals surface area (Å²) in [7, 11) is -3.67. The number of piperazine rings is 1. The van der Waals surface area contributed by atoms with Crippen LogP contribution in [0, 0.1) is 6.92 Å². The fourth-order valence-corrected chi connectivity index (χ4v) is 5.23. The summed E-state index contributed by atoms with van der Waals surface area (Å²) >= 11 is 0. The van der Waals surface area contributed by atoms with Gasteiger partial charge in [0.1, 0.15) is 0 Å². The smallest absolute Gasteiger partial charge is 0.301 e. The van der Waals surface area contributed by atoms with Crippen LogP contribution < -0.4 is 15.4 Å². The third kappa shape index (κ3) is 4.77. The van der Waals surface area contributed by atoms with Gasteiger partial charge in [0.25, 0.3) is 5.91 Å². The van der Waals surface area contributed by atoms with Crippen LogP contribution in [-0.2, 0) is 10.2 Å². The van der Waals surface area contributed by atoms with Gasteiger partial charge in [0.2, 0.25) is 0 Å². The number of nitrogens with zero attached hydrogens (tertiary/aromatic N) is 1. The Balaban J connectivity index is 1.53. The van der Waals surface area contributed by atoms with E-state index >= 15 is 0 Å². The molecule has 7 nitrogen and oxygen atoms in total. The van der Waals surface area contributed by atoms with Crippen molar-refractivity contribution in [2.75, 3.05) is 30.9 Å². The highest BCUT2D eigenvalue weighted by molar-refractivity contribution is 7.90. The van der Waals surface area contributed by atoms with Crippen LogP contribution in [-0.4, -0.2) is 44.8 Å². The third-order valence-electron chi connectivity index (χ3n) is 5.78. The van der Waals surface area contributed by atoms with Crippen LogP contribution in [0.1, 0.15) is 34.5 Å². The summed E-state index contributed by atoms with van der Waals surface area (Å²) in [5.74, 6) is -0.244. The normalized spacial score (nSPS) is 15.9. The molecule has 4 rings (SSSR count). The minimum atomic E-state index is -3.67. The van der Waals surface area contributed by atoms with Crippen LogP contribution in [0.2, 0.25) is 0 Å². The second kappa shape index (κ2) is 9.28. The first-order valence-corrected chi connectivity index (χ1v) is 12.2. The monoisotopic (exact) mass is 452 g/mol. The van der Waals surface area contributed by atoms with Crippen molar-refractivity contribution in [1.82, 2.24) is 14.9 Å². The standard InChI is InChI=1S/C24H28N4O3S/c1-17-10-11-20(27-32(30,31)28-14-12-25-13-15-28)16-23(17)24(29)26-18(2)21-9-5-7-19-6-3-4-8-22(19)21/h3-11,16,18,25,27H,12-15H2,1-2H3,(H,26,29)/t18-/m1/s1. The lowest BCUT2D eigenvalue weighted by atomic mass is 9.99. The number of nitrogens with one attached hydrogen (secondary N) is 3. The number of carbonyl (C=O) groups is 1. The second-order valence-corrected chi connectivity index (χ2v) is 9.72. The van der Waals surface area contributed by atoms with E-state index < -0.39 is 10.2 Å². The highest BCUT2D eigenvalue weighted by Gasteiger charge is 2.24. The molecule has 32 heavy (non-hydrogen) atoms. The Bertz CT molecular complexity index is 1230. The molecule has 0 saturated carbocycles. The van der Waals surface area contributed by atoms with E-state index in [-0.39, 0.29) is 11.9 Å². The summed E-state index contributed by atoms with van der Waals surface area (Å²) in [5.41, 5.74) is 2.62. The van der Waals surface area contributed by atoms with E-state index in [1.807, 2.05) is 56.3 Å². The van der Waals surface area contributed by atoms with E-state index in [1.165, 1.54) is 4.31 Å². The number of benzene rings is 3. The van der Waals surface area contributed by atoms with Crippen LogP contribution in [0.3, 0.4) is 0 Å². The fourth-order valence-electron chi connectivity index (χ4n) is 4.01. The van der Waals surface area contributed by atoms with Crippen molar-refractivity contribution >= 4 is 32.6 Å². The van der Waals surface area contributed by atoms with Crippen LogP contribution in [0.15, 0.2) is 60.7 Å². The van der Waals surface area contributed by atoms with Gasteiger partial charge in [-0.2, -0.15) is 12.7 Å². The Hall–Kier alpha value is -2.94. The lowest BCUT2D eigenvalue weighted by Crippen LogP contribution is -2.48. The molecule has 0 spiro atoms. The van der Waals surface area contributed by atoms with Gasteiger partial charge < -0.3 is 10.6 Å². The Kier molecular flexibility index (Phi) is 6.45. The van der Waals surface area contributed by atoms with E-state index in [2.05, 4.69) is 15.4 Å². The molecule has 0 bridgehead atoms. The van der Waals surface area contributed by atoms with Crippen molar-refractivity contribution in [3.05, 3.63) is 77.4 Å². The van der Waals surface area contributed by atoms with Crippen molar-refractivity contribution in [3.8, 4) is 0 Å². The number of amides is 1. The molecular weight excluding hydrogens is 424 g/mol. The summed E-state index contributed by atoms with van der Waals surface area (Å²) < 4.78 is 29.4. The van der Waals surface area contributed by atoms with Gasteiger partial charge in [0, 0.05) is 31.7 Å². The molecule has 0 unspecified atom stereocenters. The van der Waals surface area contributed by atoms with Gasteiger partial charge in [0.05, 0.1) is 11.7 Å². The maximum Gasteiger partial charge on any atom is 0.301 e. The largest absolute Gasteiger partial charge is 0.345 e. The number of carbonyl (C=O) groups excluding carboxylic acids is 1. The average Bonchev–Trinajstić information content (AvgIpc) is 2.80. The van der Waals surface area contributed by atoms with Crippen LogP contribution in [0.4, 0.5) is 5.69 Å². The Morgan fingerprint density at radius 3 is 2.53 bits per heavy atom. The molecule has 0 radical (unpaired) electrons. The van der Waals surface area contributed by atoms with E-state index in [0.717, 1.165) is 21.9 Å². The van der Waals surface area contributed by atoms with Crippen LogP contribution >= 0.6 is 0 Å². The van der Waals surface area contributed by atoms with E-state index in [0.29, 0.717) is 37.4 Å². The zero-order valence-electron chi connectivity index (χ0n) is 18.3.